The Morgan fingerprint density at radius 2 is 1.26 bits per heavy atom. The van der Waals surface area contributed by atoms with E-state index in [1.54, 1.807) is 0 Å². The molecule has 0 aliphatic heterocycles. The fourth-order valence-corrected chi connectivity index (χ4v) is 2.28. The Kier molecular flexibility index (Phi) is 9.44. The average Bonchev–Trinajstić information content (AvgIpc) is 2.69. The molecule has 0 spiro atoms. The minimum Gasteiger partial charge on any atom is -0.491 e. The predicted molar refractivity (Wildman–Crippen MR) is 105 cm³/mol. The van der Waals surface area contributed by atoms with Crippen LogP contribution in [0.15, 0.2) is 48.5 Å². The van der Waals surface area contributed by atoms with Gasteiger partial charge in [-0.1, -0.05) is 12.1 Å². The summed E-state index contributed by atoms with van der Waals surface area (Å²) in [5, 5.41) is 0. The van der Waals surface area contributed by atoms with Crippen molar-refractivity contribution < 1.29 is 23.3 Å². The second kappa shape index (κ2) is 12.1. The van der Waals surface area contributed by atoms with Crippen LogP contribution in [0.3, 0.4) is 0 Å². The van der Waals surface area contributed by atoms with E-state index < -0.39 is 6.67 Å². The van der Waals surface area contributed by atoms with E-state index in [0.717, 1.165) is 22.7 Å². The van der Waals surface area contributed by atoms with Crippen molar-refractivity contribution in [2.24, 2.45) is 0 Å². The van der Waals surface area contributed by atoms with Crippen molar-refractivity contribution in [3.8, 4) is 11.5 Å². The first-order valence-electron chi connectivity index (χ1n) is 9.02. The average molecular weight is 377 g/mol. The number of anilines is 1. The molecule has 0 unspecified atom stereocenters. The van der Waals surface area contributed by atoms with Gasteiger partial charge in [0.15, 0.2) is 0 Å². The van der Waals surface area contributed by atoms with E-state index in [1.807, 2.05) is 38.4 Å². The number of nitrogens with zero attached hydrogens (tertiary/aromatic N) is 1. The Hall–Kier alpha value is -2.31. The highest BCUT2D eigenvalue weighted by molar-refractivity contribution is 5.46. The molecule has 0 bridgehead atoms. The summed E-state index contributed by atoms with van der Waals surface area (Å²) in [6.07, 6.45) is 0. The number of rotatable bonds is 13. The Morgan fingerprint density at radius 1 is 0.704 bits per heavy atom. The molecule has 0 aliphatic carbocycles. The number of halogens is 1. The van der Waals surface area contributed by atoms with Gasteiger partial charge >= 0.3 is 0 Å². The van der Waals surface area contributed by atoms with E-state index in [0.29, 0.717) is 33.0 Å². The molecule has 0 aromatic heterocycles. The largest absolute Gasteiger partial charge is 0.491 e. The number of benzene rings is 2. The zero-order chi connectivity index (χ0) is 19.3. The fourth-order valence-electron chi connectivity index (χ4n) is 2.28. The van der Waals surface area contributed by atoms with Crippen molar-refractivity contribution in [3.05, 3.63) is 54.1 Å². The van der Waals surface area contributed by atoms with Crippen LogP contribution < -0.4 is 14.4 Å². The first-order valence-corrected chi connectivity index (χ1v) is 9.02. The van der Waals surface area contributed by atoms with Gasteiger partial charge in [-0.3, -0.25) is 0 Å². The molecule has 0 saturated heterocycles. The molecule has 0 saturated carbocycles. The van der Waals surface area contributed by atoms with Crippen molar-refractivity contribution in [2.75, 3.05) is 58.7 Å². The summed E-state index contributed by atoms with van der Waals surface area (Å²) in [5.74, 6) is 1.55. The van der Waals surface area contributed by atoms with Gasteiger partial charge in [-0.25, -0.2) is 4.39 Å². The lowest BCUT2D eigenvalue weighted by atomic mass is 10.2. The SMILES string of the molecule is CN(C)c1ccc(COc2ccc(OCCOCCOCCF)cc2)cc1. The summed E-state index contributed by atoms with van der Waals surface area (Å²) in [7, 11) is 4.04. The summed E-state index contributed by atoms with van der Waals surface area (Å²) in [5.41, 5.74) is 2.28. The van der Waals surface area contributed by atoms with Crippen LogP contribution in [0.5, 0.6) is 11.5 Å². The molecular formula is C21H28FNO4. The predicted octanol–water partition coefficient (Wildman–Crippen LogP) is 3.71. The van der Waals surface area contributed by atoms with Crippen LogP contribution in [-0.4, -0.2) is 53.8 Å². The molecule has 5 nitrogen and oxygen atoms in total. The summed E-state index contributed by atoms with van der Waals surface area (Å²) in [6.45, 7) is 1.91. The zero-order valence-electron chi connectivity index (χ0n) is 16.0. The van der Waals surface area contributed by atoms with Gasteiger partial charge in [-0.2, -0.15) is 0 Å². The molecular weight excluding hydrogens is 349 g/mol. The molecule has 6 heteroatoms. The minimum absolute atomic E-state index is 0.121. The maximum Gasteiger partial charge on any atom is 0.120 e. The topological polar surface area (TPSA) is 40.2 Å². The Morgan fingerprint density at radius 3 is 1.85 bits per heavy atom. The monoisotopic (exact) mass is 377 g/mol. The molecule has 2 aromatic rings. The third-order valence-corrected chi connectivity index (χ3v) is 3.77. The molecule has 0 aliphatic rings. The third-order valence-electron chi connectivity index (χ3n) is 3.77. The second-order valence-corrected chi connectivity index (χ2v) is 6.08. The Bertz CT molecular complexity index is 632. The highest BCUT2D eigenvalue weighted by atomic mass is 19.1. The van der Waals surface area contributed by atoms with Crippen molar-refractivity contribution in [1.29, 1.82) is 0 Å². The van der Waals surface area contributed by atoms with Crippen LogP contribution >= 0.6 is 0 Å². The van der Waals surface area contributed by atoms with E-state index >= 15 is 0 Å². The number of alkyl halides is 1. The van der Waals surface area contributed by atoms with Crippen molar-refractivity contribution in [3.63, 3.8) is 0 Å². The molecule has 0 amide bonds. The van der Waals surface area contributed by atoms with Gasteiger partial charge in [0.1, 0.15) is 31.4 Å². The summed E-state index contributed by atoms with van der Waals surface area (Å²) in [6, 6.07) is 15.8. The molecule has 0 radical (unpaired) electrons. The molecule has 0 fully saturated rings. The molecule has 0 atom stereocenters. The lowest BCUT2D eigenvalue weighted by Crippen LogP contribution is -2.11. The maximum atomic E-state index is 11.8. The molecule has 2 aromatic carbocycles. The van der Waals surface area contributed by atoms with E-state index in [2.05, 4.69) is 29.2 Å². The van der Waals surface area contributed by atoms with E-state index in [1.165, 1.54) is 0 Å². The standard InChI is InChI=1S/C21H28FNO4/c1-23(2)19-5-3-18(4-6-19)17-27-21-9-7-20(8-10-21)26-16-15-25-14-13-24-12-11-22/h3-10H,11-17H2,1-2H3. The van der Waals surface area contributed by atoms with Crippen molar-refractivity contribution in [2.45, 2.75) is 6.61 Å². The highest BCUT2D eigenvalue weighted by Crippen LogP contribution is 2.19. The normalized spacial score (nSPS) is 10.6. The number of ether oxygens (including phenoxy) is 4. The quantitative estimate of drug-likeness (QED) is 0.498. The van der Waals surface area contributed by atoms with Gasteiger partial charge in [0.05, 0.1) is 26.4 Å². The van der Waals surface area contributed by atoms with Gasteiger partial charge in [0.25, 0.3) is 0 Å². The minimum atomic E-state index is -0.467. The smallest absolute Gasteiger partial charge is 0.120 e. The van der Waals surface area contributed by atoms with E-state index in [4.69, 9.17) is 18.9 Å². The first-order chi connectivity index (χ1) is 13.2. The van der Waals surface area contributed by atoms with Gasteiger partial charge < -0.3 is 23.8 Å². The molecule has 0 heterocycles. The van der Waals surface area contributed by atoms with Gasteiger partial charge in [-0.15, -0.1) is 0 Å². The molecule has 27 heavy (non-hydrogen) atoms. The third kappa shape index (κ3) is 8.28. The van der Waals surface area contributed by atoms with Gasteiger partial charge in [0, 0.05) is 19.8 Å². The zero-order valence-corrected chi connectivity index (χ0v) is 16.0. The summed E-state index contributed by atoms with van der Waals surface area (Å²) >= 11 is 0. The van der Waals surface area contributed by atoms with Crippen LogP contribution in [0.2, 0.25) is 0 Å². The molecule has 2 rings (SSSR count). The van der Waals surface area contributed by atoms with Crippen LogP contribution in [0.4, 0.5) is 10.1 Å². The maximum absolute atomic E-state index is 11.8. The summed E-state index contributed by atoms with van der Waals surface area (Å²) in [4.78, 5) is 2.06. The molecule has 148 valence electrons. The highest BCUT2D eigenvalue weighted by Gasteiger charge is 2.00. The van der Waals surface area contributed by atoms with Crippen LogP contribution in [0.25, 0.3) is 0 Å². The van der Waals surface area contributed by atoms with Crippen LogP contribution in [0.1, 0.15) is 5.56 Å². The number of hydrogen-bond acceptors (Lipinski definition) is 5. The molecule has 0 N–H and O–H groups in total. The van der Waals surface area contributed by atoms with Crippen molar-refractivity contribution in [1.82, 2.24) is 0 Å². The lowest BCUT2D eigenvalue weighted by Gasteiger charge is -2.13. The Balaban J connectivity index is 1.63. The van der Waals surface area contributed by atoms with Gasteiger partial charge in [0.2, 0.25) is 0 Å². The summed E-state index contributed by atoms with van der Waals surface area (Å²) < 4.78 is 33.5. The van der Waals surface area contributed by atoms with Crippen LogP contribution in [-0.2, 0) is 16.1 Å². The van der Waals surface area contributed by atoms with Crippen LogP contribution in [0, 0.1) is 0 Å². The lowest BCUT2D eigenvalue weighted by molar-refractivity contribution is 0.0325. The Labute approximate surface area is 160 Å². The van der Waals surface area contributed by atoms with Gasteiger partial charge in [-0.05, 0) is 42.0 Å². The fraction of sp³-hybridized carbons (Fsp3) is 0.429. The first kappa shape index (κ1) is 21.0. The second-order valence-electron chi connectivity index (χ2n) is 6.08. The number of hydrogen-bond donors (Lipinski definition) is 0. The van der Waals surface area contributed by atoms with E-state index in [9.17, 15) is 4.39 Å². The van der Waals surface area contributed by atoms with E-state index in [-0.39, 0.29) is 6.61 Å². The van der Waals surface area contributed by atoms with Crippen molar-refractivity contribution >= 4 is 5.69 Å².